The van der Waals surface area contributed by atoms with Crippen molar-refractivity contribution < 1.29 is 24.2 Å². The van der Waals surface area contributed by atoms with Crippen molar-refractivity contribution >= 4 is 57.9 Å². The first-order valence-corrected chi connectivity index (χ1v) is 16.1. The highest BCUT2D eigenvalue weighted by Gasteiger charge is 2.33. The van der Waals surface area contributed by atoms with Gasteiger partial charge in [0.25, 0.3) is 11.5 Å². The predicted octanol–water partition coefficient (Wildman–Crippen LogP) is 5.87. The van der Waals surface area contributed by atoms with Crippen molar-refractivity contribution in [3.63, 3.8) is 0 Å². The molecule has 232 valence electrons. The molecule has 0 radical (unpaired) electrons. The van der Waals surface area contributed by atoms with E-state index in [1.807, 2.05) is 35.7 Å². The number of halogens is 1. The van der Waals surface area contributed by atoms with Crippen molar-refractivity contribution in [3.05, 3.63) is 142 Å². The predicted molar refractivity (Wildman–Crippen MR) is 179 cm³/mol. The van der Waals surface area contributed by atoms with E-state index in [-0.39, 0.29) is 34.4 Å². The summed E-state index contributed by atoms with van der Waals surface area (Å²) in [5, 5.41) is 14.4. The quantitative estimate of drug-likeness (QED) is 0.202. The van der Waals surface area contributed by atoms with Crippen molar-refractivity contribution in [3.8, 4) is 11.5 Å². The highest BCUT2D eigenvalue weighted by atomic mass is 35.5. The molecular formula is C34H26ClN3O6S2. The lowest BCUT2D eigenvalue weighted by Gasteiger charge is -2.24. The van der Waals surface area contributed by atoms with Crippen LogP contribution in [0.4, 0.5) is 5.69 Å². The van der Waals surface area contributed by atoms with Gasteiger partial charge in [0.2, 0.25) is 0 Å². The standard InChI is InChI=1S/C34H26ClN3O6S2/c1-19-28(31(39)37-23-10-4-3-5-11-23)29(26-12-7-13-45-26)38-32(40)27(46-34(38)36-19)17-21-15-24(35)30(25(16-21)43-2)44-18-20-8-6-9-22(14-20)33(41)42/h3-17,29H,18H2,1-2H3,(H,37,39)(H,41,42)/b27-17+/t29-/m0/s1. The van der Waals surface area contributed by atoms with E-state index in [9.17, 15) is 19.5 Å². The van der Waals surface area contributed by atoms with Gasteiger partial charge in [-0.2, -0.15) is 0 Å². The number of nitrogens with zero attached hydrogens (tertiary/aromatic N) is 2. The third-order valence-electron chi connectivity index (χ3n) is 7.22. The minimum absolute atomic E-state index is 0.0669. The van der Waals surface area contributed by atoms with Crippen LogP contribution in [0, 0.1) is 0 Å². The fourth-order valence-electron chi connectivity index (χ4n) is 5.11. The average molecular weight is 672 g/mol. The number of amides is 1. The van der Waals surface area contributed by atoms with Crippen LogP contribution in [0.15, 0.2) is 105 Å². The third kappa shape index (κ3) is 6.25. The number of carboxylic acid groups (broad SMARTS) is 1. The number of carbonyl (C=O) groups excluding carboxylic acids is 1. The highest BCUT2D eigenvalue weighted by molar-refractivity contribution is 7.10. The van der Waals surface area contributed by atoms with Crippen LogP contribution in [0.5, 0.6) is 11.5 Å². The Kier molecular flexibility index (Phi) is 8.89. The molecule has 1 atom stereocenters. The fraction of sp³-hybridized carbons (Fsp3) is 0.118. The van der Waals surface area contributed by atoms with Crippen LogP contribution in [0.2, 0.25) is 5.02 Å². The van der Waals surface area contributed by atoms with Gasteiger partial charge in [-0.3, -0.25) is 14.2 Å². The molecule has 3 heterocycles. The number of aromatic nitrogens is 1. The monoisotopic (exact) mass is 671 g/mol. The first-order chi connectivity index (χ1) is 22.2. The Balaban J connectivity index is 1.35. The summed E-state index contributed by atoms with van der Waals surface area (Å²) in [6.45, 7) is 1.84. The molecular weight excluding hydrogens is 646 g/mol. The van der Waals surface area contributed by atoms with Gasteiger partial charge in [-0.1, -0.05) is 59.3 Å². The van der Waals surface area contributed by atoms with Gasteiger partial charge in [-0.15, -0.1) is 11.3 Å². The molecule has 0 saturated carbocycles. The topological polar surface area (TPSA) is 119 Å². The molecule has 46 heavy (non-hydrogen) atoms. The molecule has 6 rings (SSSR count). The largest absolute Gasteiger partial charge is 0.493 e. The van der Waals surface area contributed by atoms with E-state index in [0.29, 0.717) is 43.2 Å². The number of hydrogen-bond donors (Lipinski definition) is 2. The summed E-state index contributed by atoms with van der Waals surface area (Å²) >= 11 is 9.31. The number of aromatic carboxylic acids is 1. The molecule has 0 unspecified atom stereocenters. The molecule has 0 saturated heterocycles. The van der Waals surface area contributed by atoms with Gasteiger partial charge in [-0.25, -0.2) is 9.79 Å². The molecule has 0 fully saturated rings. The molecule has 0 spiro atoms. The Labute approximate surface area is 276 Å². The van der Waals surface area contributed by atoms with E-state index < -0.39 is 12.0 Å². The van der Waals surface area contributed by atoms with Crippen molar-refractivity contribution in [2.75, 3.05) is 12.4 Å². The van der Waals surface area contributed by atoms with E-state index in [1.54, 1.807) is 54.0 Å². The number of ether oxygens (including phenoxy) is 2. The average Bonchev–Trinajstić information content (AvgIpc) is 3.68. The second-order valence-electron chi connectivity index (χ2n) is 10.2. The van der Waals surface area contributed by atoms with Crippen molar-refractivity contribution in [1.82, 2.24) is 4.57 Å². The van der Waals surface area contributed by atoms with Crippen LogP contribution in [0.1, 0.15) is 39.3 Å². The number of para-hydroxylation sites is 1. The maximum absolute atomic E-state index is 14.0. The van der Waals surface area contributed by atoms with Gasteiger partial charge in [0.15, 0.2) is 16.3 Å². The molecule has 0 aliphatic carbocycles. The summed E-state index contributed by atoms with van der Waals surface area (Å²) < 4.78 is 13.5. The molecule has 1 aliphatic heterocycles. The molecule has 9 nitrogen and oxygen atoms in total. The summed E-state index contributed by atoms with van der Waals surface area (Å²) in [5.74, 6) is -0.739. The molecule has 1 aliphatic rings. The van der Waals surface area contributed by atoms with E-state index >= 15 is 0 Å². The van der Waals surface area contributed by atoms with Crippen LogP contribution >= 0.6 is 34.3 Å². The van der Waals surface area contributed by atoms with Crippen molar-refractivity contribution in [2.24, 2.45) is 4.99 Å². The lowest BCUT2D eigenvalue weighted by atomic mass is 10.0. The zero-order valence-electron chi connectivity index (χ0n) is 24.5. The Morgan fingerprint density at radius 2 is 1.89 bits per heavy atom. The Bertz CT molecular complexity index is 2170. The molecule has 2 N–H and O–H groups in total. The van der Waals surface area contributed by atoms with E-state index in [0.717, 1.165) is 4.88 Å². The van der Waals surface area contributed by atoms with Gasteiger partial charge >= 0.3 is 5.97 Å². The van der Waals surface area contributed by atoms with Gasteiger partial charge in [0.1, 0.15) is 12.6 Å². The second-order valence-corrected chi connectivity index (χ2v) is 12.6. The summed E-state index contributed by atoms with van der Waals surface area (Å²) in [4.78, 5) is 44.9. The van der Waals surface area contributed by atoms with Crippen LogP contribution < -0.4 is 29.7 Å². The van der Waals surface area contributed by atoms with E-state index in [2.05, 4.69) is 10.3 Å². The Morgan fingerprint density at radius 3 is 2.61 bits per heavy atom. The molecule has 1 amide bonds. The van der Waals surface area contributed by atoms with Crippen LogP contribution in [-0.2, 0) is 11.4 Å². The van der Waals surface area contributed by atoms with Crippen LogP contribution in [-0.4, -0.2) is 28.7 Å². The molecule has 0 bridgehead atoms. The first kappa shape index (κ1) is 31.0. The third-order valence-corrected chi connectivity index (χ3v) is 9.41. The van der Waals surface area contributed by atoms with Gasteiger partial charge in [0, 0.05) is 10.6 Å². The number of thiophene rings is 1. The Hall–Kier alpha value is -4.97. The summed E-state index contributed by atoms with van der Waals surface area (Å²) in [7, 11) is 1.48. The van der Waals surface area contributed by atoms with Crippen LogP contribution in [0.3, 0.4) is 0 Å². The molecule has 2 aromatic heterocycles. The summed E-state index contributed by atoms with van der Waals surface area (Å²) in [6, 6.07) is 22.1. The normalized spacial score (nSPS) is 14.4. The van der Waals surface area contributed by atoms with E-state index in [4.69, 9.17) is 21.1 Å². The number of anilines is 1. The summed E-state index contributed by atoms with van der Waals surface area (Å²) in [6.07, 6.45) is 1.70. The highest BCUT2D eigenvalue weighted by Crippen LogP contribution is 2.37. The number of nitrogens with one attached hydrogen (secondary N) is 1. The number of methoxy groups -OCH3 is 1. The maximum atomic E-state index is 14.0. The smallest absolute Gasteiger partial charge is 0.335 e. The van der Waals surface area contributed by atoms with E-state index in [1.165, 1.54) is 41.9 Å². The first-order valence-electron chi connectivity index (χ1n) is 14.0. The number of rotatable bonds is 9. The molecule has 5 aromatic rings. The lowest BCUT2D eigenvalue weighted by molar-refractivity contribution is -0.113. The minimum Gasteiger partial charge on any atom is -0.493 e. The number of hydrogen-bond acceptors (Lipinski definition) is 8. The number of thiazole rings is 1. The van der Waals surface area contributed by atoms with Gasteiger partial charge < -0.3 is 19.9 Å². The van der Waals surface area contributed by atoms with Gasteiger partial charge in [0.05, 0.1) is 33.5 Å². The molecule has 3 aromatic carbocycles. The maximum Gasteiger partial charge on any atom is 0.335 e. The Morgan fingerprint density at radius 1 is 1.09 bits per heavy atom. The molecule has 12 heteroatoms. The van der Waals surface area contributed by atoms with Crippen LogP contribution in [0.25, 0.3) is 6.08 Å². The minimum atomic E-state index is -1.03. The number of benzene rings is 3. The van der Waals surface area contributed by atoms with Crippen molar-refractivity contribution in [2.45, 2.75) is 19.6 Å². The summed E-state index contributed by atoms with van der Waals surface area (Å²) in [5.41, 5.74) is 2.66. The number of fused-ring (bicyclic) bond motifs is 1. The zero-order chi connectivity index (χ0) is 32.4. The SMILES string of the molecule is COc1cc(/C=c2/sc3n(c2=O)[C@@H](c2cccs2)C(C(=O)Nc2ccccc2)=C(C)N=3)cc(Cl)c1OCc1cccc(C(=O)O)c1. The van der Waals surface area contributed by atoms with Gasteiger partial charge in [-0.05, 0) is 72.0 Å². The lowest BCUT2D eigenvalue weighted by Crippen LogP contribution is -2.40. The number of allylic oxidation sites excluding steroid dienone is 1. The fourth-order valence-corrected chi connectivity index (χ4v) is 7.26. The second kappa shape index (κ2) is 13.2. The number of carbonyl (C=O) groups is 2. The van der Waals surface area contributed by atoms with Crippen molar-refractivity contribution in [1.29, 1.82) is 0 Å². The zero-order valence-corrected chi connectivity index (χ0v) is 26.9. The number of carboxylic acids is 1.